The van der Waals surface area contributed by atoms with E-state index in [-0.39, 0.29) is 11.5 Å². The van der Waals surface area contributed by atoms with Crippen LogP contribution < -0.4 is 4.90 Å². The number of rotatable bonds is 4. The normalized spacial score (nSPS) is 16.8. The number of carboxylic acid groups (broad SMARTS) is 1. The first kappa shape index (κ1) is 16.3. The number of anilines is 1. The van der Waals surface area contributed by atoms with Crippen molar-refractivity contribution in [2.75, 3.05) is 18.0 Å². The Morgan fingerprint density at radius 3 is 2.50 bits per heavy atom. The van der Waals surface area contributed by atoms with Crippen LogP contribution in [0.2, 0.25) is 0 Å². The Labute approximate surface area is 149 Å². The van der Waals surface area contributed by atoms with Crippen LogP contribution in [0, 0.1) is 5.82 Å². The highest BCUT2D eigenvalue weighted by atomic mass is 19.1. The van der Waals surface area contributed by atoms with E-state index < -0.39 is 5.97 Å². The Hall–Kier alpha value is -3.22. The molecule has 0 radical (unpaired) electrons. The van der Waals surface area contributed by atoms with Crippen LogP contribution in [0.3, 0.4) is 0 Å². The summed E-state index contributed by atoms with van der Waals surface area (Å²) < 4.78 is 13.1. The van der Waals surface area contributed by atoms with Crippen molar-refractivity contribution >= 4 is 11.8 Å². The van der Waals surface area contributed by atoms with Gasteiger partial charge < -0.3 is 10.0 Å². The first-order valence-corrected chi connectivity index (χ1v) is 8.38. The van der Waals surface area contributed by atoms with E-state index >= 15 is 0 Å². The number of benzene rings is 2. The predicted molar refractivity (Wildman–Crippen MR) is 94.3 cm³/mol. The number of aromatic carboxylic acids is 1. The lowest BCUT2D eigenvalue weighted by Gasteiger charge is -2.16. The standard InChI is InChI=1S/C19H17FN4O2/c20-15-6-8-16(9-7-15)24-21-17(19(25)26)18(22-24)23-11-10-14(12-23)13-4-2-1-3-5-13/h1-9,14H,10-12H2,(H,25,26)/t14-/m1/s1. The van der Waals surface area contributed by atoms with Crippen molar-refractivity contribution in [1.29, 1.82) is 0 Å². The quantitative estimate of drug-likeness (QED) is 0.781. The molecule has 2 aromatic carbocycles. The zero-order valence-corrected chi connectivity index (χ0v) is 13.9. The van der Waals surface area contributed by atoms with E-state index in [2.05, 4.69) is 22.3 Å². The summed E-state index contributed by atoms with van der Waals surface area (Å²) in [6.45, 7) is 1.40. The summed E-state index contributed by atoms with van der Waals surface area (Å²) in [6.07, 6.45) is 0.923. The van der Waals surface area contributed by atoms with E-state index in [1.165, 1.54) is 34.6 Å². The molecular weight excluding hydrogens is 335 g/mol. The minimum absolute atomic E-state index is 0.0944. The van der Waals surface area contributed by atoms with Crippen LogP contribution in [0.25, 0.3) is 5.69 Å². The van der Waals surface area contributed by atoms with Crippen molar-refractivity contribution in [2.45, 2.75) is 12.3 Å². The minimum atomic E-state index is -1.13. The molecule has 4 rings (SSSR count). The molecule has 1 aromatic heterocycles. The summed E-state index contributed by atoms with van der Waals surface area (Å²) in [5.74, 6) is -0.824. The lowest BCUT2D eigenvalue weighted by atomic mass is 9.99. The number of carbonyl (C=O) groups is 1. The van der Waals surface area contributed by atoms with E-state index in [0.717, 1.165) is 6.42 Å². The fourth-order valence-corrected chi connectivity index (χ4v) is 3.29. The van der Waals surface area contributed by atoms with Gasteiger partial charge in [0.25, 0.3) is 0 Å². The fraction of sp³-hybridized carbons (Fsp3) is 0.211. The molecule has 1 fully saturated rings. The molecule has 0 aliphatic carbocycles. The zero-order valence-electron chi connectivity index (χ0n) is 13.9. The predicted octanol–water partition coefficient (Wildman–Crippen LogP) is 3.10. The van der Waals surface area contributed by atoms with E-state index in [0.29, 0.717) is 30.5 Å². The van der Waals surface area contributed by atoms with E-state index in [1.807, 2.05) is 23.1 Å². The average molecular weight is 352 g/mol. The van der Waals surface area contributed by atoms with Crippen LogP contribution in [0.4, 0.5) is 10.2 Å². The second kappa shape index (κ2) is 6.59. The van der Waals surface area contributed by atoms with Gasteiger partial charge in [0, 0.05) is 19.0 Å². The largest absolute Gasteiger partial charge is 0.476 e. The molecule has 0 bridgehead atoms. The Kier molecular flexibility index (Phi) is 4.12. The van der Waals surface area contributed by atoms with Gasteiger partial charge in [0.2, 0.25) is 5.69 Å². The van der Waals surface area contributed by atoms with Crippen LogP contribution in [0.1, 0.15) is 28.4 Å². The van der Waals surface area contributed by atoms with Crippen molar-refractivity contribution in [3.8, 4) is 5.69 Å². The molecule has 1 N–H and O–H groups in total. The highest BCUT2D eigenvalue weighted by molar-refractivity contribution is 5.91. The monoisotopic (exact) mass is 352 g/mol. The second-order valence-electron chi connectivity index (χ2n) is 6.29. The minimum Gasteiger partial charge on any atom is -0.476 e. The van der Waals surface area contributed by atoms with Gasteiger partial charge in [0.05, 0.1) is 5.69 Å². The van der Waals surface area contributed by atoms with Crippen LogP contribution >= 0.6 is 0 Å². The second-order valence-corrected chi connectivity index (χ2v) is 6.29. The van der Waals surface area contributed by atoms with E-state index in [4.69, 9.17) is 0 Å². The lowest BCUT2D eigenvalue weighted by Crippen LogP contribution is -2.22. The summed E-state index contributed by atoms with van der Waals surface area (Å²) in [6, 6.07) is 15.8. The van der Waals surface area contributed by atoms with Crippen LogP contribution in [0.5, 0.6) is 0 Å². The Morgan fingerprint density at radius 1 is 1.08 bits per heavy atom. The Balaban J connectivity index is 1.64. The maximum absolute atomic E-state index is 13.1. The molecule has 1 saturated heterocycles. The summed E-state index contributed by atoms with van der Waals surface area (Å²) in [4.78, 5) is 14.8. The van der Waals surface area contributed by atoms with Crippen molar-refractivity contribution in [3.05, 3.63) is 71.7 Å². The fourth-order valence-electron chi connectivity index (χ4n) is 3.29. The van der Waals surface area contributed by atoms with Gasteiger partial charge in [0.1, 0.15) is 5.82 Å². The highest BCUT2D eigenvalue weighted by Gasteiger charge is 2.30. The van der Waals surface area contributed by atoms with Gasteiger partial charge in [-0.3, -0.25) is 0 Å². The molecule has 132 valence electrons. The Bertz CT molecular complexity index is 924. The van der Waals surface area contributed by atoms with Crippen molar-refractivity contribution in [2.24, 2.45) is 0 Å². The third-order valence-corrected chi connectivity index (χ3v) is 4.61. The molecule has 6 nitrogen and oxygen atoms in total. The average Bonchev–Trinajstić information content (AvgIpc) is 3.30. The van der Waals surface area contributed by atoms with E-state index in [1.54, 1.807) is 0 Å². The first-order chi connectivity index (χ1) is 12.6. The third kappa shape index (κ3) is 3.03. The lowest BCUT2D eigenvalue weighted by molar-refractivity contribution is 0.0690. The molecule has 2 heterocycles. The smallest absolute Gasteiger partial charge is 0.360 e. The number of carboxylic acids is 1. The number of hydrogen-bond donors (Lipinski definition) is 1. The zero-order chi connectivity index (χ0) is 18.1. The van der Waals surface area contributed by atoms with Gasteiger partial charge in [-0.2, -0.15) is 0 Å². The number of halogens is 1. The molecule has 1 atom stereocenters. The summed E-state index contributed by atoms with van der Waals surface area (Å²) in [7, 11) is 0. The van der Waals surface area contributed by atoms with E-state index in [9.17, 15) is 14.3 Å². The first-order valence-electron chi connectivity index (χ1n) is 8.38. The summed E-state index contributed by atoms with van der Waals surface area (Å²) in [5, 5.41) is 18.0. The molecule has 7 heteroatoms. The van der Waals surface area contributed by atoms with Crippen LogP contribution in [-0.4, -0.2) is 39.2 Å². The van der Waals surface area contributed by atoms with Gasteiger partial charge >= 0.3 is 5.97 Å². The van der Waals surface area contributed by atoms with Gasteiger partial charge in [-0.1, -0.05) is 30.3 Å². The van der Waals surface area contributed by atoms with Gasteiger partial charge in [-0.25, -0.2) is 9.18 Å². The van der Waals surface area contributed by atoms with Gasteiger partial charge in [-0.15, -0.1) is 15.0 Å². The SMILES string of the molecule is O=C(O)c1nn(-c2ccc(F)cc2)nc1N1CC[C@@H](c2ccccc2)C1. The van der Waals surface area contributed by atoms with Crippen molar-refractivity contribution in [1.82, 2.24) is 15.0 Å². The molecule has 1 aliphatic heterocycles. The summed E-state index contributed by atoms with van der Waals surface area (Å²) in [5.41, 5.74) is 1.65. The maximum Gasteiger partial charge on any atom is 0.360 e. The molecule has 0 amide bonds. The molecule has 0 unspecified atom stereocenters. The summed E-state index contributed by atoms with van der Waals surface area (Å²) >= 11 is 0. The molecule has 26 heavy (non-hydrogen) atoms. The van der Waals surface area contributed by atoms with Crippen molar-refractivity contribution < 1.29 is 14.3 Å². The highest BCUT2D eigenvalue weighted by Crippen LogP contribution is 2.31. The number of nitrogens with zero attached hydrogens (tertiary/aromatic N) is 4. The topological polar surface area (TPSA) is 71.2 Å². The molecule has 0 spiro atoms. The van der Waals surface area contributed by atoms with Crippen LogP contribution in [0.15, 0.2) is 54.6 Å². The molecule has 1 aliphatic rings. The van der Waals surface area contributed by atoms with Gasteiger partial charge in [0.15, 0.2) is 5.82 Å². The van der Waals surface area contributed by atoms with Crippen molar-refractivity contribution in [3.63, 3.8) is 0 Å². The molecular formula is C19H17FN4O2. The number of aromatic nitrogens is 3. The third-order valence-electron chi connectivity index (χ3n) is 4.61. The number of hydrogen-bond acceptors (Lipinski definition) is 4. The van der Waals surface area contributed by atoms with Gasteiger partial charge in [-0.05, 0) is 36.2 Å². The molecule has 3 aromatic rings. The van der Waals surface area contributed by atoms with Crippen LogP contribution in [-0.2, 0) is 0 Å². The Morgan fingerprint density at radius 2 is 1.81 bits per heavy atom. The maximum atomic E-state index is 13.1. The molecule has 0 saturated carbocycles.